The summed E-state index contributed by atoms with van der Waals surface area (Å²) < 4.78 is 0. The van der Waals surface area contributed by atoms with Crippen LogP contribution in [-0.4, -0.2) is 0 Å². The standard InChI is InChI=1S/C15H26.C15H30/c1-5-14-8-10-15(11-9-14)13(4)7-6-12(2)3;1-7-13(4)9-11-15(6)14(5)10-8-12(2)3/h8,10,12-13H,5-7,9,11H2,1-4H3;9,11-15H,7-8,10H2,1-6H3/b;11-9-. The van der Waals surface area contributed by atoms with Gasteiger partial charge in [-0.25, -0.2) is 0 Å². The van der Waals surface area contributed by atoms with Gasteiger partial charge in [-0.1, -0.05) is 124 Å². The van der Waals surface area contributed by atoms with Gasteiger partial charge in [0.25, 0.3) is 0 Å². The molecule has 0 amide bonds. The van der Waals surface area contributed by atoms with Crippen LogP contribution < -0.4 is 0 Å². The Balaban J connectivity index is 0.000000561. The van der Waals surface area contributed by atoms with Crippen LogP contribution in [0.3, 0.4) is 0 Å². The fourth-order valence-corrected chi connectivity index (χ4v) is 3.72. The van der Waals surface area contributed by atoms with E-state index in [0.29, 0.717) is 0 Å². The van der Waals surface area contributed by atoms with Gasteiger partial charge < -0.3 is 0 Å². The van der Waals surface area contributed by atoms with E-state index < -0.39 is 0 Å². The quantitative estimate of drug-likeness (QED) is 0.277. The van der Waals surface area contributed by atoms with Gasteiger partial charge in [-0.15, -0.1) is 0 Å². The zero-order valence-corrected chi connectivity index (χ0v) is 22.4. The average Bonchev–Trinajstić information content (AvgIpc) is 2.74. The summed E-state index contributed by atoms with van der Waals surface area (Å²) in [7, 11) is 0. The molecular weight excluding hydrogens is 360 g/mol. The van der Waals surface area contributed by atoms with Gasteiger partial charge in [0, 0.05) is 0 Å². The normalized spacial score (nSPS) is 18.5. The van der Waals surface area contributed by atoms with Gasteiger partial charge in [0.2, 0.25) is 0 Å². The largest absolute Gasteiger partial charge is 0.0854 e. The molecule has 1 rings (SSSR count). The van der Waals surface area contributed by atoms with Crippen LogP contribution in [0.4, 0.5) is 0 Å². The summed E-state index contributed by atoms with van der Waals surface area (Å²) in [5, 5.41) is 0. The molecule has 1 aliphatic rings. The maximum absolute atomic E-state index is 2.42. The SMILES string of the molecule is CCC(C)/C=C\C(C)C(C)CCC(C)C.CCC1=CC=C(C(C)CCC(C)C)CC1. The van der Waals surface area contributed by atoms with Crippen molar-refractivity contribution in [1.29, 1.82) is 0 Å². The maximum Gasteiger partial charge on any atom is -0.0228 e. The van der Waals surface area contributed by atoms with E-state index in [0.717, 1.165) is 35.5 Å². The molecule has 0 nitrogen and oxygen atoms in total. The molecule has 30 heavy (non-hydrogen) atoms. The lowest BCUT2D eigenvalue weighted by Gasteiger charge is -2.20. The van der Waals surface area contributed by atoms with Gasteiger partial charge in [0.05, 0.1) is 0 Å². The van der Waals surface area contributed by atoms with Crippen LogP contribution in [0.15, 0.2) is 35.5 Å². The first kappa shape index (κ1) is 29.2. The monoisotopic (exact) mass is 416 g/mol. The van der Waals surface area contributed by atoms with Crippen molar-refractivity contribution < 1.29 is 0 Å². The molecule has 0 aromatic rings. The second-order valence-corrected chi connectivity index (χ2v) is 10.9. The Bertz CT molecular complexity index is 502. The zero-order chi connectivity index (χ0) is 23.1. The molecule has 4 atom stereocenters. The first-order chi connectivity index (χ1) is 14.1. The molecule has 0 radical (unpaired) electrons. The van der Waals surface area contributed by atoms with Crippen molar-refractivity contribution in [2.75, 3.05) is 0 Å². The highest BCUT2D eigenvalue weighted by Crippen LogP contribution is 2.28. The van der Waals surface area contributed by atoms with E-state index in [9.17, 15) is 0 Å². The molecule has 0 fully saturated rings. The van der Waals surface area contributed by atoms with Crippen molar-refractivity contribution in [3.8, 4) is 0 Å². The van der Waals surface area contributed by atoms with Gasteiger partial charge in [-0.05, 0) is 67.6 Å². The highest BCUT2D eigenvalue weighted by molar-refractivity contribution is 5.25. The van der Waals surface area contributed by atoms with Crippen LogP contribution in [-0.2, 0) is 0 Å². The first-order valence-electron chi connectivity index (χ1n) is 13.2. The summed E-state index contributed by atoms with van der Waals surface area (Å²) in [6, 6.07) is 0. The van der Waals surface area contributed by atoms with Crippen LogP contribution in [0.25, 0.3) is 0 Å². The molecule has 0 aromatic carbocycles. The molecule has 0 aliphatic heterocycles. The first-order valence-corrected chi connectivity index (χ1v) is 13.2. The van der Waals surface area contributed by atoms with E-state index in [1.54, 1.807) is 11.1 Å². The Kier molecular flexibility index (Phi) is 16.4. The molecule has 0 saturated carbocycles. The third-order valence-electron chi connectivity index (χ3n) is 7.02. The lowest BCUT2D eigenvalue weighted by molar-refractivity contribution is 0.383. The van der Waals surface area contributed by atoms with Crippen LogP contribution in [0.2, 0.25) is 0 Å². The molecule has 0 heterocycles. The third-order valence-corrected chi connectivity index (χ3v) is 7.02. The molecule has 4 unspecified atom stereocenters. The van der Waals surface area contributed by atoms with Crippen LogP contribution in [0.1, 0.15) is 121 Å². The van der Waals surface area contributed by atoms with Crippen molar-refractivity contribution in [2.24, 2.45) is 35.5 Å². The minimum atomic E-state index is 0.734. The van der Waals surface area contributed by atoms with Crippen molar-refractivity contribution in [3.63, 3.8) is 0 Å². The second-order valence-electron chi connectivity index (χ2n) is 10.9. The van der Waals surface area contributed by atoms with E-state index >= 15 is 0 Å². The zero-order valence-electron chi connectivity index (χ0n) is 22.4. The maximum atomic E-state index is 2.42. The van der Waals surface area contributed by atoms with Crippen molar-refractivity contribution >= 4 is 0 Å². The number of allylic oxidation sites excluding steroid dienone is 6. The van der Waals surface area contributed by atoms with E-state index in [-0.39, 0.29) is 0 Å². The fourth-order valence-electron chi connectivity index (χ4n) is 3.72. The Morgan fingerprint density at radius 2 is 1.33 bits per heavy atom. The second kappa shape index (κ2) is 16.9. The summed E-state index contributed by atoms with van der Waals surface area (Å²) in [5.74, 6) is 4.79. The van der Waals surface area contributed by atoms with E-state index in [2.05, 4.69) is 93.5 Å². The lowest BCUT2D eigenvalue weighted by Crippen LogP contribution is -2.07. The Morgan fingerprint density at radius 1 is 0.733 bits per heavy atom. The van der Waals surface area contributed by atoms with Crippen molar-refractivity contribution in [1.82, 2.24) is 0 Å². The van der Waals surface area contributed by atoms with Crippen molar-refractivity contribution in [2.45, 2.75) is 121 Å². The van der Waals surface area contributed by atoms with Gasteiger partial charge in [-0.2, -0.15) is 0 Å². The van der Waals surface area contributed by atoms with E-state index in [1.165, 1.54) is 51.4 Å². The third kappa shape index (κ3) is 14.3. The molecule has 0 N–H and O–H groups in total. The Labute approximate surface area is 191 Å². The topological polar surface area (TPSA) is 0 Å². The predicted molar refractivity (Wildman–Crippen MR) is 140 cm³/mol. The minimum absolute atomic E-state index is 0.734. The number of hydrogen-bond acceptors (Lipinski definition) is 0. The highest BCUT2D eigenvalue weighted by Gasteiger charge is 2.12. The number of hydrogen-bond donors (Lipinski definition) is 0. The lowest BCUT2D eigenvalue weighted by atomic mass is 9.86. The molecular formula is C30H56. The van der Waals surface area contributed by atoms with Gasteiger partial charge in [-0.3, -0.25) is 0 Å². The van der Waals surface area contributed by atoms with E-state index in [1.807, 2.05) is 0 Å². The molecule has 176 valence electrons. The highest BCUT2D eigenvalue weighted by atomic mass is 14.2. The fraction of sp³-hybridized carbons (Fsp3) is 0.800. The van der Waals surface area contributed by atoms with Crippen LogP contribution in [0.5, 0.6) is 0 Å². The average molecular weight is 417 g/mol. The molecule has 0 saturated heterocycles. The smallest absolute Gasteiger partial charge is 0.0228 e. The summed E-state index contributed by atoms with van der Waals surface area (Å²) in [5.41, 5.74) is 3.29. The van der Waals surface area contributed by atoms with E-state index in [4.69, 9.17) is 0 Å². The molecule has 0 aromatic heterocycles. The Morgan fingerprint density at radius 3 is 1.80 bits per heavy atom. The minimum Gasteiger partial charge on any atom is -0.0854 e. The molecule has 1 aliphatic carbocycles. The number of rotatable bonds is 12. The van der Waals surface area contributed by atoms with Crippen LogP contribution >= 0.6 is 0 Å². The predicted octanol–water partition coefficient (Wildman–Crippen LogP) is 10.4. The van der Waals surface area contributed by atoms with Gasteiger partial charge in [0.1, 0.15) is 0 Å². The summed E-state index contributed by atoms with van der Waals surface area (Å²) in [6.07, 6.45) is 20.1. The molecule has 0 spiro atoms. The summed E-state index contributed by atoms with van der Waals surface area (Å²) in [4.78, 5) is 0. The van der Waals surface area contributed by atoms with Crippen molar-refractivity contribution in [3.05, 3.63) is 35.5 Å². The summed E-state index contributed by atoms with van der Waals surface area (Å²) in [6.45, 7) is 23.2. The Hall–Kier alpha value is -0.780. The molecule has 0 bridgehead atoms. The van der Waals surface area contributed by atoms with Gasteiger partial charge >= 0.3 is 0 Å². The van der Waals surface area contributed by atoms with Gasteiger partial charge in [0.15, 0.2) is 0 Å². The summed E-state index contributed by atoms with van der Waals surface area (Å²) >= 11 is 0. The van der Waals surface area contributed by atoms with Crippen LogP contribution in [0, 0.1) is 35.5 Å². The molecule has 0 heteroatoms.